The molecule has 1 aliphatic rings. The molecule has 1 atom stereocenters. The Morgan fingerprint density at radius 3 is 2.16 bits per heavy atom. The molecule has 49 heavy (non-hydrogen) atoms. The molecule has 0 spiro atoms. The van der Waals surface area contributed by atoms with Crippen LogP contribution in [0.25, 0.3) is 0 Å². The van der Waals surface area contributed by atoms with Crippen molar-refractivity contribution >= 4 is 29.2 Å². The van der Waals surface area contributed by atoms with Crippen LogP contribution in [-0.4, -0.2) is 80.2 Å². The lowest BCUT2D eigenvalue weighted by molar-refractivity contribution is -0.384. The van der Waals surface area contributed by atoms with Gasteiger partial charge in [0.2, 0.25) is 0 Å². The molecule has 0 radical (unpaired) electrons. The number of likely N-dealkylation sites (tertiary alicyclic amines) is 1. The van der Waals surface area contributed by atoms with Gasteiger partial charge in [-0.2, -0.15) is 0 Å². The summed E-state index contributed by atoms with van der Waals surface area (Å²) in [5.74, 6) is 0.302. The molecule has 3 aromatic carbocycles. The van der Waals surface area contributed by atoms with Crippen LogP contribution in [-0.2, 0) is 16.1 Å². The number of nitrogens with zero attached hydrogens (tertiary/aromatic N) is 3. The van der Waals surface area contributed by atoms with Crippen LogP contribution in [0, 0.1) is 16.0 Å². The number of ketones is 1. The third-order valence-corrected chi connectivity index (χ3v) is 8.24. The average molecular weight is 677 g/mol. The molecule has 4 rings (SSSR count). The van der Waals surface area contributed by atoms with Crippen molar-refractivity contribution in [1.82, 2.24) is 10.2 Å². The maximum atomic E-state index is 14.4. The van der Waals surface area contributed by atoms with Gasteiger partial charge in [-0.1, -0.05) is 12.1 Å². The van der Waals surface area contributed by atoms with Gasteiger partial charge in [-0.3, -0.25) is 19.7 Å². The summed E-state index contributed by atoms with van der Waals surface area (Å²) in [7, 11) is 4.50. The largest absolute Gasteiger partial charge is 0.497 e. The number of nitro groups is 1. The molecule has 1 fully saturated rings. The number of carbonyl (C=O) groups is 3. The van der Waals surface area contributed by atoms with Gasteiger partial charge in [0.05, 0.1) is 26.3 Å². The normalized spacial score (nSPS) is 14.0. The second-order valence-electron chi connectivity index (χ2n) is 12.7. The molecule has 1 unspecified atom stereocenters. The molecule has 0 bridgehead atoms. The number of hydrogen-bond donors (Lipinski definition) is 1. The number of nitrogens with one attached hydrogen (secondary N) is 1. The zero-order valence-corrected chi connectivity index (χ0v) is 28.8. The van der Waals surface area contributed by atoms with Crippen molar-refractivity contribution in [2.45, 2.75) is 51.8 Å². The Morgan fingerprint density at radius 1 is 0.939 bits per heavy atom. The van der Waals surface area contributed by atoms with Crippen LogP contribution in [0.15, 0.2) is 66.7 Å². The van der Waals surface area contributed by atoms with Gasteiger partial charge < -0.3 is 34.1 Å². The van der Waals surface area contributed by atoms with E-state index < -0.39 is 28.3 Å². The SMILES string of the molecule is COc1ccc(C(=O)C(C(=O)NCC2CCN(C(=O)OC(C)(C)C)CC2)N(Cc2ccc(OC)cc2OC)c2ccccc2[N+](=O)[O-])cc1. The number of para-hydroxylation sites is 2. The fraction of sp³-hybridized carbons (Fsp3) is 0.417. The summed E-state index contributed by atoms with van der Waals surface area (Å²) in [6, 6.07) is 15.9. The number of carbonyl (C=O) groups excluding carboxylic acids is 3. The third-order valence-electron chi connectivity index (χ3n) is 8.24. The molecule has 1 saturated heterocycles. The standard InChI is InChI=1S/C36H44N4O9/c1-36(2,3)49-35(43)38-19-17-24(18-20-38)22-37-34(42)32(33(41)25-11-14-27(46-4)15-12-25)39(29-9-7-8-10-30(29)40(44)45)23-26-13-16-28(47-5)21-31(26)48-6/h7-16,21,24,32H,17-20,22-23H2,1-6H3,(H,37,42). The number of methoxy groups -OCH3 is 3. The first-order chi connectivity index (χ1) is 23.3. The van der Waals surface area contributed by atoms with Crippen LogP contribution >= 0.6 is 0 Å². The first kappa shape index (κ1) is 36.5. The van der Waals surface area contributed by atoms with Gasteiger partial charge in [0, 0.05) is 49.4 Å². The van der Waals surface area contributed by atoms with Crippen LogP contribution in [0.4, 0.5) is 16.2 Å². The number of ether oxygens (including phenoxy) is 4. The Labute approximate surface area is 286 Å². The van der Waals surface area contributed by atoms with Crippen LogP contribution < -0.4 is 24.4 Å². The monoisotopic (exact) mass is 676 g/mol. The molecule has 1 aliphatic heterocycles. The molecular formula is C36H44N4O9. The summed E-state index contributed by atoms with van der Waals surface area (Å²) in [5.41, 5.74) is -0.0147. The molecule has 0 saturated carbocycles. The minimum atomic E-state index is -1.51. The fourth-order valence-corrected chi connectivity index (χ4v) is 5.65. The highest BCUT2D eigenvalue weighted by molar-refractivity contribution is 6.16. The second-order valence-corrected chi connectivity index (χ2v) is 12.7. The van der Waals surface area contributed by atoms with Crippen molar-refractivity contribution in [2.75, 3.05) is 45.9 Å². The van der Waals surface area contributed by atoms with Gasteiger partial charge in [0.1, 0.15) is 28.5 Å². The molecule has 13 heteroatoms. The zero-order valence-electron chi connectivity index (χ0n) is 28.8. The average Bonchev–Trinajstić information content (AvgIpc) is 3.09. The number of benzene rings is 3. The number of Topliss-reactive ketones (excluding diaryl/α,β-unsaturated/α-hetero) is 1. The summed E-state index contributed by atoms with van der Waals surface area (Å²) in [5, 5.41) is 15.2. The van der Waals surface area contributed by atoms with Gasteiger partial charge in [0.15, 0.2) is 11.8 Å². The quantitative estimate of drug-likeness (QED) is 0.104. The number of piperidine rings is 1. The van der Waals surface area contributed by atoms with E-state index in [-0.39, 0.29) is 42.0 Å². The van der Waals surface area contributed by atoms with E-state index in [1.807, 2.05) is 20.8 Å². The van der Waals surface area contributed by atoms with Crippen LogP contribution in [0.3, 0.4) is 0 Å². The molecule has 0 aromatic heterocycles. The summed E-state index contributed by atoms with van der Waals surface area (Å²) >= 11 is 0. The Bertz CT molecular complexity index is 1630. The van der Waals surface area contributed by atoms with Gasteiger partial charge >= 0.3 is 6.09 Å². The summed E-state index contributed by atoms with van der Waals surface area (Å²) in [4.78, 5) is 56.1. The van der Waals surface area contributed by atoms with E-state index in [2.05, 4.69) is 5.32 Å². The number of rotatable bonds is 13. The van der Waals surface area contributed by atoms with E-state index in [0.717, 1.165) is 0 Å². The minimum absolute atomic E-state index is 0.0283. The number of amides is 2. The van der Waals surface area contributed by atoms with Crippen molar-refractivity contribution < 1.29 is 38.3 Å². The van der Waals surface area contributed by atoms with Crippen molar-refractivity contribution in [1.29, 1.82) is 0 Å². The Morgan fingerprint density at radius 2 is 1.57 bits per heavy atom. The van der Waals surface area contributed by atoms with E-state index in [1.54, 1.807) is 53.4 Å². The number of hydrogen-bond acceptors (Lipinski definition) is 10. The molecule has 1 heterocycles. The maximum Gasteiger partial charge on any atom is 0.410 e. The van der Waals surface area contributed by atoms with Gasteiger partial charge in [-0.05, 0) is 82.0 Å². The summed E-state index contributed by atoms with van der Waals surface area (Å²) in [6.07, 6.45) is 0.857. The predicted octanol–water partition coefficient (Wildman–Crippen LogP) is 5.64. The van der Waals surface area contributed by atoms with Crippen LogP contribution in [0.5, 0.6) is 17.2 Å². The molecule has 2 amide bonds. The van der Waals surface area contributed by atoms with Gasteiger partial charge in [-0.25, -0.2) is 4.79 Å². The first-order valence-corrected chi connectivity index (χ1v) is 16.0. The lowest BCUT2D eigenvalue weighted by atomic mass is 9.96. The highest BCUT2D eigenvalue weighted by atomic mass is 16.6. The van der Waals surface area contributed by atoms with E-state index in [4.69, 9.17) is 18.9 Å². The molecule has 0 aliphatic carbocycles. The maximum absolute atomic E-state index is 14.4. The second kappa shape index (κ2) is 16.2. The minimum Gasteiger partial charge on any atom is -0.497 e. The zero-order chi connectivity index (χ0) is 35.7. The van der Waals surface area contributed by atoms with Crippen molar-refractivity contribution in [3.8, 4) is 17.2 Å². The topological polar surface area (TPSA) is 150 Å². The Hall–Kier alpha value is -5.33. The van der Waals surface area contributed by atoms with Gasteiger partial charge in [0.25, 0.3) is 11.6 Å². The Balaban J connectivity index is 1.69. The summed E-state index contributed by atoms with van der Waals surface area (Å²) in [6.45, 7) is 6.52. The smallest absolute Gasteiger partial charge is 0.410 e. The van der Waals surface area contributed by atoms with Crippen molar-refractivity contribution in [3.63, 3.8) is 0 Å². The van der Waals surface area contributed by atoms with Crippen molar-refractivity contribution in [2.24, 2.45) is 5.92 Å². The number of anilines is 1. The molecule has 1 N–H and O–H groups in total. The molecule has 13 nitrogen and oxygen atoms in total. The lowest BCUT2D eigenvalue weighted by Gasteiger charge is -2.35. The van der Waals surface area contributed by atoms with E-state index in [0.29, 0.717) is 48.7 Å². The lowest BCUT2D eigenvalue weighted by Crippen LogP contribution is -2.53. The Kier molecular flexibility index (Phi) is 12.1. The molecule has 262 valence electrons. The highest BCUT2D eigenvalue weighted by Crippen LogP contribution is 2.34. The predicted molar refractivity (Wildman–Crippen MR) is 183 cm³/mol. The number of nitro benzene ring substituents is 1. The molecular weight excluding hydrogens is 632 g/mol. The first-order valence-electron chi connectivity index (χ1n) is 16.0. The van der Waals surface area contributed by atoms with E-state index in [1.165, 1.54) is 44.4 Å². The highest BCUT2D eigenvalue weighted by Gasteiger charge is 2.38. The summed E-state index contributed by atoms with van der Waals surface area (Å²) < 4.78 is 21.7. The van der Waals surface area contributed by atoms with E-state index >= 15 is 0 Å². The third kappa shape index (κ3) is 9.40. The van der Waals surface area contributed by atoms with Crippen LogP contribution in [0.2, 0.25) is 0 Å². The van der Waals surface area contributed by atoms with Crippen molar-refractivity contribution in [3.05, 3.63) is 88.0 Å². The van der Waals surface area contributed by atoms with Gasteiger partial charge in [-0.15, -0.1) is 0 Å². The molecule has 3 aromatic rings. The fourth-order valence-electron chi connectivity index (χ4n) is 5.65. The van der Waals surface area contributed by atoms with Crippen LogP contribution in [0.1, 0.15) is 49.5 Å². The van der Waals surface area contributed by atoms with E-state index in [9.17, 15) is 24.5 Å².